The van der Waals surface area contributed by atoms with Crippen LogP contribution in [0.25, 0.3) is 0 Å². The van der Waals surface area contributed by atoms with Crippen molar-refractivity contribution in [3.63, 3.8) is 0 Å². The van der Waals surface area contributed by atoms with Gasteiger partial charge in [0.15, 0.2) is 0 Å². The van der Waals surface area contributed by atoms with Gasteiger partial charge in [0, 0.05) is 12.1 Å². The van der Waals surface area contributed by atoms with Gasteiger partial charge in [0.2, 0.25) is 0 Å². The molecule has 1 rings (SSSR count). The minimum atomic E-state index is -0.806. The first-order valence-corrected chi connectivity index (χ1v) is 6.10. The maximum atomic E-state index is 12.3. The van der Waals surface area contributed by atoms with Gasteiger partial charge >= 0.3 is 0 Å². The number of rotatable bonds is 4. The minimum absolute atomic E-state index is 0.209. The van der Waals surface area contributed by atoms with E-state index in [4.69, 9.17) is 11.8 Å². The third-order valence-electron chi connectivity index (χ3n) is 2.53. The average Bonchev–Trinajstić information content (AvgIpc) is 2.36. The lowest BCUT2D eigenvalue weighted by Crippen LogP contribution is -2.50. The second-order valence-electron chi connectivity index (χ2n) is 5.15. The number of benzene rings is 1. The Kier molecular flexibility index (Phi) is 4.81. The number of nitro groups is 2. The zero-order chi connectivity index (χ0) is 16.4. The largest absolute Gasteiger partial charge is 0.277 e. The molecule has 0 radical (unpaired) electrons. The van der Waals surface area contributed by atoms with Crippen LogP contribution >= 0.6 is 11.8 Å². The van der Waals surface area contributed by atoms with E-state index < -0.39 is 32.7 Å². The standard InChI is InChI=1S/C11H13ClN4O5/c1-11(2,3)14(13-12)10(17)7-4-8(15(18)19)6-9(5-7)16(20)21/h4-6,13H,1-3H3. The predicted octanol–water partition coefficient (Wildman–Crippen LogP) is 2.40. The summed E-state index contributed by atoms with van der Waals surface area (Å²) >= 11 is 5.49. The van der Waals surface area contributed by atoms with Gasteiger partial charge in [-0.2, -0.15) is 0 Å². The van der Waals surface area contributed by atoms with Crippen molar-refractivity contribution >= 4 is 29.1 Å². The third-order valence-corrected chi connectivity index (χ3v) is 2.70. The van der Waals surface area contributed by atoms with E-state index in [2.05, 4.69) is 4.94 Å². The molecule has 114 valence electrons. The Balaban J connectivity index is 3.38. The summed E-state index contributed by atoms with van der Waals surface area (Å²) in [7, 11) is 0. The molecule has 0 spiro atoms. The van der Waals surface area contributed by atoms with Crippen LogP contribution in [-0.4, -0.2) is 26.3 Å². The summed E-state index contributed by atoms with van der Waals surface area (Å²) in [4.78, 5) is 34.5. The molecule has 0 fully saturated rings. The van der Waals surface area contributed by atoms with E-state index in [9.17, 15) is 25.0 Å². The number of hydrogen-bond donors (Lipinski definition) is 1. The summed E-state index contributed by atoms with van der Waals surface area (Å²) in [5, 5.41) is 22.6. The van der Waals surface area contributed by atoms with Crippen molar-refractivity contribution in [3.05, 3.63) is 44.0 Å². The van der Waals surface area contributed by atoms with E-state index in [0.29, 0.717) is 0 Å². The molecular formula is C11H13ClN4O5. The molecule has 0 saturated heterocycles. The molecule has 0 saturated carbocycles. The van der Waals surface area contributed by atoms with E-state index in [-0.39, 0.29) is 5.56 Å². The first-order valence-electron chi connectivity index (χ1n) is 5.72. The van der Waals surface area contributed by atoms with E-state index in [0.717, 1.165) is 23.2 Å². The molecule has 0 aliphatic heterocycles. The molecule has 10 heteroatoms. The van der Waals surface area contributed by atoms with Crippen LogP contribution in [0, 0.1) is 20.2 Å². The maximum absolute atomic E-state index is 12.3. The number of nitrogens with zero attached hydrogens (tertiary/aromatic N) is 3. The first-order chi connectivity index (χ1) is 9.57. The number of carbonyl (C=O) groups is 1. The predicted molar refractivity (Wildman–Crippen MR) is 74.7 cm³/mol. The summed E-state index contributed by atoms with van der Waals surface area (Å²) in [5.74, 6) is -0.718. The smallest absolute Gasteiger partial charge is 0.268 e. The van der Waals surface area contributed by atoms with Crippen molar-refractivity contribution in [1.29, 1.82) is 0 Å². The van der Waals surface area contributed by atoms with E-state index in [1.807, 2.05) is 0 Å². The monoisotopic (exact) mass is 316 g/mol. The topological polar surface area (TPSA) is 119 Å². The Bertz CT molecular complexity index is 567. The van der Waals surface area contributed by atoms with Crippen LogP contribution in [0.4, 0.5) is 11.4 Å². The van der Waals surface area contributed by atoms with Crippen molar-refractivity contribution < 1.29 is 14.6 Å². The van der Waals surface area contributed by atoms with Crippen LogP contribution in [0.3, 0.4) is 0 Å². The van der Waals surface area contributed by atoms with E-state index >= 15 is 0 Å². The number of nitro benzene ring substituents is 2. The molecule has 0 unspecified atom stereocenters. The first kappa shape index (κ1) is 16.8. The van der Waals surface area contributed by atoms with Gasteiger partial charge in [0.05, 0.1) is 27.0 Å². The summed E-state index contributed by atoms with van der Waals surface area (Å²) in [6, 6.07) is 2.71. The number of amides is 1. The van der Waals surface area contributed by atoms with Crippen molar-refractivity contribution in [3.8, 4) is 0 Å². The summed E-state index contributed by atoms with van der Waals surface area (Å²) in [6.07, 6.45) is 0. The van der Waals surface area contributed by atoms with Gasteiger partial charge < -0.3 is 0 Å². The zero-order valence-corrected chi connectivity index (χ0v) is 12.2. The van der Waals surface area contributed by atoms with Crippen LogP contribution in [0.1, 0.15) is 31.1 Å². The normalized spacial score (nSPS) is 11.0. The number of non-ortho nitro benzene ring substituents is 2. The number of halogens is 1. The number of carbonyl (C=O) groups excluding carboxylic acids is 1. The molecule has 1 N–H and O–H groups in total. The number of hydrogen-bond acceptors (Lipinski definition) is 6. The van der Waals surface area contributed by atoms with Crippen LogP contribution < -0.4 is 4.94 Å². The van der Waals surface area contributed by atoms with Gasteiger partial charge in [-0.1, -0.05) is 0 Å². The van der Waals surface area contributed by atoms with Crippen LogP contribution in [0.2, 0.25) is 0 Å². The summed E-state index contributed by atoms with van der Waals surface area (Å²) in [6.45, 7) is 5.02. The molecule has 21 heavy (non-hydrogen) atoms. The molecule has 0 bridgehead atoms. The highest BCUT2D eigenvalue weighted by Gasteiger charge is 2.29. The van der Waals surface area contributed by atoms with Crippen LogP contribution in [0.15, 0.2) is 18.2 Å². The number of nitrogens with one attached hydrogen (secondary N) is 1. The maximum Gasteiger partial charge on any atom is 0.277 e. The average molecular weight is 317 g/mol. The SMILES string of the molecule is CC(C)(C)N(NCl)C(=O)c1cc([N+](=O)[O-])cc([N+](=O)[O-])c1. The van der Waals surface area contributed by atoms with Gasteiger partial charge in [-0.25, -0.2) is 0 Å². The van der Waals surface area contributed by atoms with Gasteiger partial charge in [0.1, 0.15) is 0 Å². The highest BCUT2D eigenvalue weighted by Crippen LogP contribution is 2.25. The van der Waals surface area contributed by atoms with E-state index in [1.165, 1.54) is 0 Å². The van der Waals surface area contributed by atoms with E-state index in [1.54, 1.807) is 20.8 Å². The zero-order valence-electron chi connectivity index (χ0n) is 11.5. The van der Waals surface area contributed by atoms with Crippen molar-refractivity contribution in [2.75, 3.05) is 0 Å². The Labute approximate surface area is 124 Å². The molecule has 0 heterocycles. The number of hydrazine groups is 1. The molecule has 0 aliphatic rings. The fourth-order valence-corrected chi connectivity index (χ4v) is 1.86. The molecule has 1 aromatic rings. The third kappa shape index (κ3) is 3.86. The summed E-state index contributed by atoms with van der Waals surface area (Å²) in [5.41, 5.74) is -2.04. The Morgan fingerprint density at radius 1 is 1.14 bits per heavy atom. The molecule has 1 amide bonds. The summed E-state index contributed by atoms with van der Waals surface area (Å²) < 4.78 is 0. The molecule has 0 aromatic heterocycles. The van der Waals surface area contributed by atoms with Gasteiger partial charge in [0.25, 0.3) is 17.3 Å². The van der Waals surface area contributed by atoms with Gasteiger partial charge in [-0.05, 0) is 32.5 Å². The van der Waals surface area contributed by atoms with Gasteiger partial charge in [-0.15, -0.1) is 4.94 Å². The van der Waals surface area contributed by atoms with Crippen molar-refractivity contribution in [2.24, 2.45) is 0 Å². The Hall–Kier alpha value is -2.26. The highest BCUT2D eigenvalue weighted by molar-refractivity contribution is 6.14. The lowest BCUT2D eigenvalue weighted by molar-refractivity contribution is -0.394. The molecule has 0 atom stereocenters. The minimum Gasteiger partial charge on any atom is -0.268 e. The Morgan fingerprint density at radius 2 is 1.57 bits per heavy atom. The van der Waals surface area contributed by atoms with Crippen LogP contribution in [0.5, 0.6) is 0 Å². The fraction of sp³-hybridized carbons (Fsp3) is 0.364. The Morgan fingerprint density at radius 3 is 1.86 bits per heavy atom. The highest BCUT2D eigenvalue weighted by atomic mass is 35.5. The fourth-order valence-electron chi connectivity index (χ4n) is 1.53. The second-order valence-corrected chi connectivity index (χ2v) is 5.32. The second kappa shape index (κ2) is 6.02. The quantitative estimate of drug-likeness (QED) is 0.517. The lowest BCUT2D eigenvalue weighted by atomic mass is 10.1. The molecular weight excluding hydrogens is 304 g/mol. The van der Waals surface area contributed by atoms with Crippen molar-refractivity contribution in [1.82, 2.24) is 9.95 Å². The molecule has 9 nitrogen and oxygen atoms in total. The van der Waals surface area contributed by atoms with Gasteiger partial charge in [-0.3, -0.25) is 30.0 Å². The van der Waals surface area contributed by atoms with Crippen LogP contribution in [-0.2, 0) is 0 Å². The molecule has 0 aliphatic carbocycles. The lowest BCUT2D eigenvalue weighted by Gasteiger charge is -2.33. The molecule has 1 aromatic carbocycles. The van der Waals surface area contributed by atoms with Crippen molar-refractivity contribution in [2.45, 2.75) is 26.3 Å².